The van der Waals surface area contributed by atoms with Gasteiger partial charge in [0.15, 0.2) is 5.78 Å². The van der Waals surface area contributed by atoms with Crippen LogP contribution >= 0.6 is 0 Å². The van der Waals surface area contributed by atoms with Crippen molar-refractivity contribution in [1.82, 2.24) is 10.2 Å². The summed E-state index contributed by atoms with van der Waals surface area (Å²) in [7, 11) is -3.88. The number of ketones is 1. The average molecular weight is 516 g/mol. The van der Waals surface area contributed by atoms with Crippen molar-refractivity contribution < 1.29 is 22.8 Å². The van der Waals surface area contributed by atoms with E-state index in [1.807, 2.05) is 58.9 Å². The molecule has 0 aromatic heterocycles. The van der Waals surface area contributed by atoms with Gasteiger partial charge in [-0.25, -0.2) is 8.42 Å². The van der Waals surface area contributed by atoms with Crippen LogP contribution in [0.1, 0.15) is 62.5 Å². The van der Waals surface area contributed by atoms with E-state index in [0.717, 1.165) is 21.7 Å². The van der Waals surface area contributed by atoms with Crippen LogP contribution in [0, 0.1) is 6.92 Å². The minimum Gasteiger partial charge on any atom is -0.350 e. The number of rotatable bonds is 10. The predicted molar refractivity (Wildman–Crippen MR) is 142 cm³/mol. The Morgan fingerprint density at radius 3 is 2.19 bits per heavy atom. The molecule has 2 aromatic rings. The molecule has 2 rings (SSSR count). The van der Waals surface area contributed by atoms with E-state index in [4.69, 9.17) is 0 Å². The van der Waals surface area contributed by atoms with Crippen LogP contribution in [-0.2, 0) is 26.2 Å². The van der Waals surface area contributed by atoms with Crippen LogP contribution in [0.3, 0.4) is 0 Å². The molecule has 8 nitrogen and oxygen atoms in total. The van der Waals surface area contributed by atoms with Crippen molar-refractivity contribution in [2.45, 2.75) is 66.1 Å². The summed E-state index contributed by atoms with van der Waals surface area (Å²) in [6.07, 6.45) is 1.36. The highest BCUT2D eigenvalue weighted by atomic mass is 32.2. The van der Waals surface area contributed by atoms with E-state index in [-0.39, 0.29) is 23.9 Å². The number of sulfonamides is 1. The highest BCUT2D eigenvalue weighted by Gasteiger charge is 2.33. The molecule has 2 aromatic carbocycles. The summed E-state index contributed by atoms with van der Waals surface area (Å²) in [5.41, 5.74) is 1.85. The van der Waals surface area contributed by atoms with Crippen LogP contribution in [0.2, 0.25) is 0 Å². The second-order valence-electron chi connectivity index (χ2n) is 9.99. The summed E-state index contributed by atoms with van der Waals surface area (Å²) in [5.74, 6) is -1.05. The smallest absolute Gasteiger partial charge is 0.244 e. The number of hydrogen-bond acceptors (Lipinski definition) is 5. The number of nitrogens with one attached hydrogen (secondary N) is 1. The van der Waals surface area contributed by atoms with E-state index in [1.165, 1.54) is 24.0 Å². The van der Waals surface area contributed by atoms with Crippen molar-refractivity contribution >= 4 is 33.3 Å². The van der Waals surface area contributed by atoms with Gasteiger partial charge in [-0.05, 0) is 64.3 Å². The minimum absolute atomic E-state index is 0.145. The second kappa shape index (κ2) is 11.7. The van der Waals surface area contributed by atoms with Crippen molar-refractivity contribution in [3.8, 4) is 0 Å². The van der Waals surface area contributed by atoms with E-state index in [1.54, 1.807) is 12.1 Å². The van der Waals surface area contributed by atoms with Crippen LogP contribution < -0.4 is 9.62 Å². The number of benzene rings is 2. The van der Waals surface area contributed by atoms with Crippen molar-refractivity contribution in [1.29, 1.82) is 0 Å². The number of amides is 2. The van der Waals surface area contributed by atoms with Gasteiger partial charge in [-0.2, -0.15) is 0 Å². The highest BCUT2D eigenvalue weighted by molar-refractivity contribution is 7.92. The molecule has 0 saturated carbocycles. The first-order valence-electron chi connectivity index (χ1n) is 11.9. The van der Waals surface area contributed by atoms with Gasteiger partial charge in [0, 0.05) is 17.6 Å². The quantitative estimate of drug-likeness (QED) is 0.486. The molecule has 0 aliphatic rings. The molecule has 0 radical (unpaired) electrons. The Morgan fingerprint density at radius 1 is 1.03 bits per heavy atom. The summed E-state index contributed by atoms with van der Waals surface area (Å²) in [4.78, 5) is 40.3. The van der Waals surface area contributed by atoms with E-state index >= 15 is 0 Å². The Hall–Kier alpha value is -3.20. The van der Waals surface area contributed by atoms with Gasteiger partial charge in [-0.1, -0.05) is 43.3 Å². The average Bonchev–Trinajstić information content (AvgIpc) is 2.76. The first kappa shape index (κ1) is 29.0. The molecule has 9 heteroatoms. The number of carbonyl (C=O) groups excluding carboxylic acids is 3. The SMILES string of the molecule is CC[C@@H](C(=O)NC(C)(C)C)N(Cc1ccccc1C)C(=O)CN(c1cccc(C(C)=O)c1)S(C)(=O)=O. The van der Waals surface area contributed by atoms with Gasteiger partial charge >= 0.3 is 0 Å². The van der Waals surface area contributed by atoms with Gasteiger partial charge in [0.1, 0.15) is 12.6 Å². The monoisotopic (exact) mass is 515 g/mol. The lowest BCUT2D eigenvalue weighted by molar-refractivity contribution is -0.141. The molecule has 1 atom stereocenters. The molecule has 36 heavy (non-hydrogen) atoms. The maximum atomic E-state index is 13.8. The lowest BCUT2D eigenvalue weighted by Crippen LogP contribution is -2.55. The third-order valence-corrected chi connectivity index (χ3v) is 6.85. The number of Topliss-reactive ketones (excluding diaryl/α,β-unsaturated/α-hetero) is 1. The van der Waals surface area contributed by atoms with E-state index < -0.39 is 34.1 Å². The summed E-state index contributed by atoms with van der Waals surface area (Å²) in [5, 5.41) is 2.94. The van der Waals surface area contributed by atoms with Gasteiger partial charge in [0.25, 0.3) is 0 Å². The predicted octanol–water partition coefficient (Wildman–Crippen LogP) is 3.69. The normalized spacial score (nSPS) is 12.5. The summed E-state index contributed by atoms with van der Waals surface area (Å²) in [6, 6.07) is 12.9. The fourth-order valence-corrected chi connectivity index (χ4v) is 4.68. The maximum Gasteiger partial charge on any atom is 0.244 e. The van der Waals surface area contributed by atoms with Gasteiger partial charge < -0.3 is 10.2 Å². The summed E-state index contributed by atoms with van der Waals surface area (Å²) < 4.78 is 26.4. The van der Waals surface area contributed by atoms with Gasteiger partial charge in [0.2, 0.25) is 21.8 Å². The molecule has 0 aliphatic carbocycles. The van der Waals surface area contributed by atoms with Crippen LogP contribution in [-0.4, -0.2) is 55.3 Å². The summed E-state index contributed by atoms with van der Waals surface area (Å²) in [6.45, 7) is 10.3. The molecule has 196 valence electrons. The van der Waals surface area contributed by atoms with Gasteiger partial charge in [-0.3, -0.25) is 18.7 Å². The first-order valence-corrected chi connectivity index (χ1v) is 13.7. The Morgan fingerprint density at radius 2 is 1.67 bits per heavy atom. The molecule has 0 unspecified atom stereocenters. The van der Waals surface area contributed by atoms with Crippen molar-refractivity contribution in [2.24, 2.45) is 0 Å². The molecular weight excluding hydrogens is 478 g/mol. The van der Waals surface area contributed by atoms with E-state index in [2.05, 4.69) is 5.32 Å². The molecule has 0 spiro atoms. The van der Waals surface area contributed by atoms with Crippen LogP contribution in [0.15, 0.2) is 48.5 Å². The molecular formula is C27H37N3O5S. The Bertz CT molecular complexity index is 1220. The fourth-order valence-electron chi connectivity index (χ4n) is 3.84. The van der Waals surface area contributed by atoms with Crippen LogP contribution in [0.25, 0.3) is 0 Å². The number of hydrogen-bond donors (Lipinski definition) is 1. The van der Waals surface area contributed by atoms with E-state index in [9.17, 15) is 22.8 Å². The van der Waals surface area contributed by atoms with Gasteiger partial charge in [0.05, 0.1) is 11.9 Å². The van der Waals surface area contributed by atoms with Crippen molar-refractivity contribution in [2.75, 3.05) is 17.1 Å². The Labute approximate surface area is 214 Å². The van der Waals surface area contributed by atoms with Gasteiger partial charge in [-0.15, -0.1) is 0 Å². The Balaban J connectivity index is 2.51. The largest absolute Gasteiger partial charge is 0.350 e. The zero-order valence-corrected chi connectivity index (χ0v) is 23.0. The second-order valence-corrected chi connectivity index (χ2v) is 11.9. The Kier molecular flexibility index (Phi) is 9.43. The molecule has 0 aliphatic heterocycles. The molecule has 0 bridgehead atoms. The topological polar surface area (TPSA) is 104 Å². The number of nitrogens with zero attached hydrogens (tertiary/aromatic N) is 2. The standard InChI is InChI=1S/C27H37N3O5S/c1-8-24(26(33)28-27(4,5)6)29(17-22-13-10-9-12-19(22)2)25(32)18-30(36(7,34)35)23-15-11-14-21(16-23)20(3)31/h9-16,24H,8,17-18H2,1-7H3,(H,28,33)/t24-/m0/s1. The molecule has 0 heterocycles. The number of anilines is 1. The van der Waals surface area contributed by atoms with Crippen molar-refractivity contribution in [3.05, 3.63) is 65.2 Å². The van der Waals surface area contributed by atoms with Crippen molar-refractivity contribution in [3.63, 3.8) is 0 Å². The zero-order valence-electron chi connectivity index (χ0n) is 22.2. The molecule has 0 saturated heterocycles. The molecule has 2 amide bonds. The maximum absolute atomic E-state index is 13.8. The minimum atomic E-state index is -3.88. The van der Waals surface area contributed by atoms with Crippen LogP contribution in [0.4, 0.5) is 5.69 Å². The molecule has 0 fully saturated rings. The number of carbonyl (C=O) groups is 3. The first-order chi connectivity index (χ1) is 16.6. The van der Waals surface area contributed by atoms with Crippen LogP contribution in [0.5, 0.6) is 0 Å². The number of aryl methyl sites for hydroxylation is 1. The fraction of sp³-hybridized carbons (Fsp3) is 0.444. The summed E-state index contributed by atoms with van der Waals surface area (Å²) >= 11 is 0. The third-order valence-electron chi connectivity index (χ3n) is 5.71. The lowest BCUT2D eigenvalue weighted by atomic mass is 10.0. The zero-order chi connectivity index (χ0) is 27.3. The lowest BCUT2D eigenvalue weighted by Gasteiger charge is -2.34. The highest BCUT2D eigenvalue weighted by Crippen LogP contribution is 2.22. The van der Waals surface area contributed by atoms with E-state index in [0.29, 0.717) is 12.0 Å². The molecule has 1 N–H and O–H groups in total. The third kappa shape index (κ3) is 7.91.